The minimum atomic E-state index is 0.759. The van der Waals surface area contributed by atoms with Gasteiger partial charge in [-0.05, 0) is 74.0 Å². The molecular weight excluding hydrogens is 232 g/mol. The second-order valence-corrected chi connectivity index (χ2v) is 7.13. The molecule has 19 heavy (non-hydrogen) atoms. The van der Waals surface area contributed by atoms with Crippen LogP contribution in [-0.2, 0) is 0 Å². The van der Waals surface area contributed by atoms with E-state index in [-0.39, 0.29) is 0 Å². The first-order valence-electron chi connectivity index (χ1n) is 7.79. The first kappa shape index (κ1) is 11.6. The van der Waals surface area contributed by atoms with E-state index in [0.717, 1.165) is 35.4 Å². The average Bonchev–Trinajstić information content (AvgIpc) is 2.37. The fourth-order valence-electron chi connectivity index (χ4n) is 5.45. The van der Waals surface area contributed by atoms with Crippen LogP contribution in [0, 0.1) is 23.7 Å². The summed E-state index contributed by atoms with van der Waals surface area (Å²) in [5.74, 6) is 3.96. The van der Waals surface area contributed by atoms with Gasteiger partial charge in [0, 0.05) is 24.5 Å². The summed E-state index contributed by atoms with van der Waals surface area (Å²) < 4.78 is 0. The molecule has 0 spiro atoms. The lowest BCUT2D eigenvalue weighted by molar-refractivity contribution is -0.00121. The predicted molar refractivity (Wildman–Crippen MR) is 80.1 cm³/mol. The van der Waals surface area contributed by atoms with Crippen molar-refractivity contribution >= 4 is 11.4 Å². The molecule has 1 aromatic rings. The van der Waals surface area contributed by atoms with Crippen LogP contribution in [0.3, 0.4) is 0 Å². The Bertz CT molecular complexity index is 454. The van der Waals surface area contributed by atoms with Crippen molar-refractivity contribution < 1.29 is 0 Å². The van der Waals surface area contributed by atoms with Gasteiger partial charge >= 0.3 is 0 Å². The van der Waals surface area contributed by atoms with Gasteiger partial charge in [0.05, 0.1) is 0 Å². The summed E-state index contributed by atoms with van der Waals surface area (Å²) in [6.45, 7) is 0. The molecule has 4 aliphatic carbocycles. The highest BCUT2D eigenvalue weighted by molar-refractivity contribution is 5.56. The van der Waals surface area contributed by atoms with Crippen LogP contribution in [-0.4, -0.2) is 13.1 Å². The van der Waals surface area contributed by atoms with Gasteiger partial charge in [-0.3, -0.25) is 0 Å². The first-order valence-corrected chi connectivity index (χ1v) is 7.79. The Labute approximate surface area is 116 Å². The van der Waals surface area contributed by atoms with Gasteiger partial charge in [-0.25, -0.2) is 0 Å². The SMILES string of the molecule is CN(c1cccc(N)c1)C1C2CC3CC(C2)CC1C3. The highest BCUT2D eigenvalue weighted by Crippen LogP contribution is 2.55. The number of nitrogens with two attached hydrogens (primary N) is 1. The zero-order chi connectivity index (χ0) is 13.0. The van der Waals surface area contributed by atoms with Crippen molar-refractivity contribution in [3.63, 3.8) is 0 Å². The molecule has 0 amide bonds. The van der Waals surface area contributed by atoms with Crippen LogP contribution < -0.4 is 10.6 Å². The van der Waals surface area contributed by atoms with E-state index in [9.17, 15) is 0 Å². The summed E-state index contributed by atoms with van der Waals surface area (Å²) in [5.41, 5.74) is 8.13. The molecule has 1 aromatic carbocycles. The van der Waals surface area contributed by atoms with Gasteiger partial charge in [-0.1, -0.05) is 6.07 Å². The zero-order valence-corrected chi connectivity index (χ0v) is 11.8. The van der Waals surface area contributed by atoms with Crippen LogP contribution in [0.15, 0.2) is 24.3 Å². The smallest absolute Gasteiger partial charge is 0.0386 e. The summed E-state index contributed by atoms with van der Waals surface area (Å²) in [5, 5.41) is 0. The highest BCUT2D eigenvalue weighted by Gasteiger charge is 2.49. The molecule has 0 heterocycles. The first-order chi connectivity index (χ1) is 9.20. The molecule has 0 atom stereocenters. The molecule has 2 heteroatoms. The number of nitrogen functional groups attached to an aromatic ring is 1. The molecule has 0 aliphatic heterocycles. The van der Waals surface area contributed by atoms with Gasteiger partial charge in [0.2, 0.25) is 0 Å². The number of rotatable bonds is 2. The highest BCUT2D eigenvalue weighted by atomic mass is 15.1. The monoisotopic (exact) mass is 256 g/mol. The minimum Gasteiger partial charge on any atom is -0.399 e. The molecule has 2 nitrogen and oxygen atoms in total. The summed E-state index contributed by atoms with van der Waals surface area (Å²) in [7, 11) is 2.28. The molecule has 0 unspecified atom stereocenters. The Morgan fingerprint density at radius 1 is 1.00 bits per heavy atom. The molecule has 0 aromatic heterocycles. The van der Waals surface area contributed by atoms with E-state index in [0.29, 0.717) is 0 Å². The molecule has 4 aliphatic rings. The van der Waals surface area contributed by atoms with Crippen molar-refractivity contribution in [3.8, 4) is 0 Å². The van der Waals surface area contributed by atoms with Crippen molar-refractivity contribution in [1.82, 2.24) is 0 Å². The fraction of sp³-hybridized carbons (Fsp3) is 0.647. The third-order valence-corrected chi connectivity index (χ3v) is 5.90. The van der Waals surface area contributed by atoms with Crippen molar-refractivity contribution in [1.29, 1.82) is 0 Å². The molecular formula is C17H24N2. The number of hydrogen-bond donors (Lipinski definition) is 1. The van der Waals surface area contributed by atoms with E-state index in [1.807, 2.05) is 6.07 Å². The van der Waals surface area contributed by atoms with E-state index in [1.165, 1.54) is 37.8 Å². The lowest BCUT2D eigenvalue weighted by Crippen LogP contribution is -2.55. The lowest BCUT2D eigenvalue weighted by Gasteiger charge is -2.57. The van der Waals surface area contributed by atoms with Gasteiger partial charge in [0.25, 0.3) is 0 Å². The number of nitrogens with zero attached hydrogens (tertiary/aromatic N) is 1. The second-order valence-electron chi connectivity index (χ2n) is 7.13. The number of hydrogen-bond acceptors (Lipinski definition) is 2. The minimum absolute atomic E-state index is 0.759. The predicted octanol–water partition coefficient (Wildman–Crippen LogP) is 3.53. The molecule has 2 N–H and O–H groups in total. The summed E-state index contributed by atoms with van der Waals surface area (Å²) in [6, 6.07) is 9.16. The maximum atomic E-state index is 5.94. The quantitative estimate of drug-likeness (QED) is 0.820. The van der Waals surface area contributed by atoms with E-state index >= 15 is 0 Å². The van der Waals surface area contributed by atoms with Crippen molar-refractivity contribution in [2.45, 2.75) is 38.1 Å². The van der Waals surface area contributed by atoms with Crippen molar-refractivity contribution in [2.75, 3.05) is 17.7 Å². The summed E-state index contributed by atoms with van der Waals surface area (Å²) >= 11 is 0. The van der Waals surface area contributed by atoms with E-state index in [4.69, 9.17) is 5.73 Å². The van der Waals surface area contributed by atoms with Gasteiger partial charge in [0.15, 0.2) is 0 Å². The Hall–Kier alpha value is -1.18. The van der Waals surface area contributed by atoms with Crippen LogP contribution in [0.5, 0.6) is 0 Å². The molecule has 4 bridgehead atoms. The molecule has 0 saturated heterocycles. The fourth-order valence-corrected chi connectivity index (χ4v) is 5.45. The van der Waals surface area contributed by atoms with Gasteiger partial charge in [-0.2, -0.15) is 0 Å². The molecule has 102 valence electrons. The van der Waals surface area contributed by atoms with Gasteiger partial charge in [0.1, 0.15) is 0 Å². The second kappa shape index (κ2) is 4.16. The normalized spacial score (nSPS) is 39.5. The Kier molecular flexibility index (Phi) is 2.54. The van der Waals surface area contributed by atoms with Crippen molar-refractivity contribution in [2.24, 2.45) is 23.7 Å². The number of anilines is 2. The van der Waals surface area contributed by atoms with Crippen LogP contribution in [0.2, 0.25) is 0 Å². The maximum absolute atomic E-state index is 5.94. The van der Waals surface area contributed by atoms with Crippen LogP contribution in [0.25, 0.3) is 0 Å². The molecule has 0 radical (unpaired) electrons. The Balaban J connectivity index is 1.62. The summed E-state index contributed by atoms with van der Waals surface area (Å²) in [6.07, 6.45) is 7.44. The van der Waals surface area contributed by atoms with Crippen LogP contribution in [0.1, 0.15) is 32.1 Å². The third kappa shape index (κ3) is 1.84. The average molecular weight is 256 g/mol. The maximum Gasteiger partial charge on any atom is 0.0386 e. The number of benzene rings is 1. The van der Waals surface area contributed by atoms with E-state index in [1.54, 1.807) is 0 Å². The van der Waals surface area contributed by atoms with Crippen LogP contribution >= 0.6 is 0 Å². The topological polar surface area (TPSA) is 29.3 Å². The Morgan fingerprint density at radius 3 is 2.21 bits per heavy atom. The summed E-state index contributed by atoms with van der Waals surface area (Å²) in [4.78, 5) is 2.53. The van der Waals surface area contributed by atoms with Gasteiger partial charge in [-0.15, -0.1) is 0 Å². The molecule has 4 fully saturated rings. The lowest BCUT2D eigenvalue weighted by atomic mass is 9.54. The zero-order valence-electron chi connectivity index (χ0n) is 11.8. The van der Waals surface area contributed by atoms with E-state index in [2.05, 4.69) is 30.1 Å². The standard InChI is InChI=1S/C17H24N2/c1-19(16-4-2-3-15(18)10-16)17-13-6-11-5-12(8-13)9-14(17)7-11/h2-4,10-14,17H,5-9,18H2,1H3. The molecule has 5 rings (SSSR count). The third-order valence-electron chi connectivity index (χ3n) is 5.90. The Morgan fingerprint density at radius 2 is 1.63 bits per heavy atom. The van der Waals surface area contributed by atoms with Gasteiger partial charge < -0.3 is 10.6 Å². The van der Waals surface area contributed by atoms with Crippen molar-refractivity contribution in [3.05, 3.63) is 24.3 Å². The van der Waals surface area contributed by atoms with E-state index < -0.39 is 0 Å². The van der Waals surface area contributed by atoms with Crippen LogP contribution in [0.4, 0.5) is 11.4 Å². The largest absolute Gasteiger partial charge is 0.399 e. The molecule has 4 saturated carbocycles.